The fourth-order valence-corrected chi connectivity index (χ4v) is 2.91. The third kappa shape index (κ3) is 1.89. The summed E-state index contributed by atoms with van der Waals surface area (Å²) < 4.78 is 5.28. The summed E-state index contributed by atoms with van der Waals surface area (Å²) >= 11 is 0. The van der Waals surface area contributed by atoms with Gasteiger partial charge in [-0.2, -0.15) is 0 Å². The fraction of sp³-hybridized carbons (Fsp3) is 0.467. The molecule has 1 saturated heterocycles. The van der Waals surface area contributed by atoms with E-state index in [9.17, 15) is 0 Å². The van der Waals surface area contributed by atoms with E-state index in [0.717, 1.165) is 12.3 Å². The Labute approximate surface area is 108 Å². The van der Waals surface area contributed by atoms with Crippen LogP contribution in [0.1, 0.15) is 36.6 Å². The maximum Gasteiger partial charge on any atom is 0.120 e. The fourth-order valence-electron chi connectivity index (χ4n) is 2.91. The highest BCUT2D eigenvalue weighted by Gasteiger charge is 2.19. The second-order valence-electron chi connectivity index (χ2n) is 5.08. The first-order valence-corrected chi connectivity index (χ1v) is 6.69. The van der Waals surface area contributed by atoms with Gasteiger partial charge in [0.15, 0.2) is 0 Å². The molecule has 1 aromatic heterocycles. The van der Waals surface area contributed by atoms with Gasteiger partial charge in [0.05, 0.1) is 7.11 Å². The summed E-state index contributed by atoms with van der Waals surface area (Å²) in [6.45, 7) is 3.33. The van der Waals surface area contributed by atoms with Crippen LogP contribution in [0.15, 0.2) is 18.2 Å². The zero-order valence-corrected chi connectivity index (χ0v) is 11.0. The van der Waals surface area contributed by atoms with Crippen molar-refractivity contribution in [1.29, 1.82) is 0 Å². The predicted octanol–water partition coefficient (Wildman–Crippen LogP) is 3.30. The van der Waals surface area contributed by atoms with Gasteiger partial charge in [0, 0.05) is 28.7 Å². The van der Waals surface area contributed by atoms with E-state index in [1.807, 2.05) is 6.07 Å². The summed E-state index contributed by atoms with van der Waals surface area (Å²) in [5, 5.41) is 4.91. The molecular weight excluding hydrogens is 224 g/mol. The second-order valence-corrected chi connectivity index (χ2v) is 5.08. The third-order valence-corrected chi connectivity index (χ3v) is 3.96. The molecule has 96 valence electrons. The molecule has 2 aromatic rings. The number of rotatable bonds is 2. The average molecular weight is 244 g/mol. The molecule has 0 radical (unpaired) electrons. The van der Waals surface area contributed by atoms with Gasteiger partial charge in [-0.3, -0.25) is 0 Å². The number of ether oxygens (including phenoxy) is 1. The summed E-state index contributed by atoms with van der Waals surface area (Å²) in [7, 11) is 1.71. The van der Waals surface area contributed by atoms with Crippen molar-refractivity contribution in [3.05, 3.63) is 29.5 Å². The average Bonchev–Trinajstić information content (AvgIpc) is 2.76. The summed E-state index contributed by atoms with van der Waals surface area (Å²) in [5.74, 6) is 0.909. The van der Waals surface area contributed by atoms with Crippen LogP contribution in [0.25, 0.3) is 10.9 Å². The van der Waals surface area contributed by atoms with Crippen LogP contribution in [0.4, 0.5) is 0 Å². The molecule has 1 unspecified atom stereocenters. The SMILES string of the molecule is COc1ccc2c(C)c(C3CCCCN3)[nH]c2c1. The maximum atomic E-state index is 5.28. The number of methoxy groups -OCH3 is 1. The number of aromatic amines is 1. The number of piperidine rings is 1. The molecule has 1 aliphatic heterocycles. The predicted molar refractivity (Wildman–Crippen MR) is 74.2 cm³/mol. The van der Waals surface area contributed by atoms with Gasteiger partial charge in [0.25, 0.3) is 0 Å². The Morgan fingerprint density at radius 1 is 1.28 bits per heavy atom. The van der Waals surface area contributed by atoms with Gasteiger partial charge in [0.1, 0.15) is 5.75 Å². The van der Waals surface area contributed by atoms with Crippen LogP contribution in [0.3, 0.4) is 0 Å². The van der Waals surface area contributed by atoms with E-state index in [4.69, 9.17) is 4.74 Å². The third-order valence-electron chi connectivity index (χ3n) is 3.96. The molecule has 18 heavy (non-hydrogen) atoms. The Bertz CT molecular complexity index is 553. The lowest BCUT2D eigenvalue weighted by Gasteiger charge is -2.23. The molecule has 1 fully saturated rings. The molecule has 2 heterocycles. The van der Waals surface area contributed by atoms with E-state index in [0.29, 0.717) is 6.04 Å². The number of hydrogen-bond donors (Lipinski definition) is 2. The molecule has 0 amide bonds. The van der Waals surface area contributed by atoms with Crippen molar-refractivity contribution < 1.29 is 4.74 Å². The van der Waals surface area contributed by atoms with E-state index in [1.165, 1.54) is 41.4 Å². The summed E-state index contributed by atoms with van der Waals surface area (Å²) in [4.78, 5) is 3.57. The lowest BCUT2D eigenvalue weighted by molar-refractivity contribution is 0.405. The van der Waals surface area contributed by atoms with Crippen molar-refractivity contribution >= 4 is 10.9 Å². The van der Waals surface area contributed by atoms with Crippen LogP contribution in [0.5, 0.6) is 5.75 Å². The summed E-state index contributed by atoms with van der Waals surface area (Å²) in [6.07, 6.45) is 3.84. The van der Waals surface area contributed by atoms with E-state index in [-0.39, 0.29) is 0 Å². The van der Waals surface area contributed by atoms with Gasteiger partial charge in [-0.25, -0.2) is 0 Å². The quantitative estimate of drug-likeness (QED) is 0.850. The molecule has 3 heteroatoms. The molecule has 1 aromatic carbocycles. The van der Waals surface area contributed by atoms with Crippen molar-refractivity contribution in [2.75, 3.05) is 13.7 Å². The monoisotopic (exact) mass is 244 g/mol. The van der Waals surface area contributed by atoms with E-state index in [2.05, 4.69) is 29.4 Å². The maximum absolute atomic E-state index is 5.28. The Hall–Kier alpha value is -1.48. The molecular formula is C15H20N2O. The van der Waals surface area contributed by atoms with Gasteiger partial charge in [-0.15, -0.1) is 0 Å². The zero-order valence-electron chi connectivity index (χ0n) is 11.0. The highest BCUT2D eigenvalue weighted by Crippen LogP contribution is 2.31. The number of aryl methyl sites for hydroxylation is 1. The van der Waals surface area contributed by atoms with Gasteiger partial charge >= 0.3 is 0 Å². The number of hydrogen-bond acceptors (Lipinski definition) is 2. The Balaban J connectivity index is 2.04. The highest BCUT2D eigenvalue weighted by molar-refractivity contribution is 5.85. The first-order valence-electron chi connectivity index (χ1n) is 6.69. The largest absolute Gasteiger partial charge is 0.497 e. The van der Waals surface area contributed by atoms with Gasteiger partial charge in [0.2, 0.25) is 0 Å². The van der Waals surface area contributed by atoms with Crippen molar-refractivity contribution in [1.82, 2.24) is 10.3 Å². The standard InChI is InChI=1S/C15H20N2O/c1-10-12-7-6-11(18-2)9-14(12)17-15(10)13-5-3-4-8-16-13/h6-7,9,13,16-17H,3-5,8H2,1-2H3. The van der Waals surface area contributed by atoms with Crippen molar-refractivity contribution in [2.45, 2.75) is 32.2 Å². The van der Waals surface area contributed by atoms with Crippen molar-refractivity contribution in [3.8, 4) is 5.75 Å². The molecule has 0 saturated carbocycles. The molecule has 0 bridgehead atoms. The van der Waals surface area contributed by atoms with Gasteiger partial charge in [-0.1, -0.05) is 6.42 Å². The molecule has 1 atom stereocenters. The van der Waals surface area contributed by atoms with E-state index in [1.54, 1.807) is 7.11 Å². The normalized spacial score (nSPS) is 20.2. The summed E-state index contributed by atoms with van der Waals surface area (Å²) in [6, 6.07) is 6.74. The van der Waals surface area contributed by atoms with Crippen molar-refractivity contribution in [2.24, 2.45) is 0 Å². The zero-order chi connectivity index (χ0) is 12.5. The summed E-state index contributed by atoms with van der Waals surface area (Å²) in [5.41, 5.74) is 3.89. The number of aromatic nitrogens is 1. The topological polar surface area (TPSA) is 37.0 Å². The minimum absolute atomic E-state index is 0.483. The van der Waals surface area contributed by atoms with Crippen molar-refractivity contribution in [3.63, 3.8) is 0 Å². The van der Waals surface area contributed by atoms with Crippen LogP contribution in [0, 0.1) is 6.92 Å². The first kappa shape index (κ1) is 11.6. The van der Waals surface area contributed by atoms with Crippen LogP contribution in [-0.2, 0) is 0 Å². The molecule has 3 rings (SSSR count). The Morgan fingerprint density at radius 3 is 2.89 bits per heavy atom. The highest BCUT2D eigenvalue weighted by atomic mass is 16.5. The molecule has 2 N–H and O–H groups in total. The molecule has 1 aliphatic rings. The number of nitrogens with one attached hydrogen (secondary N) is 2. The van der Waals surface area contributed by atoms with Gasteiger partial charge < -0.3 is 15.0 Å². The van der Waals surface area contributed by atoms with E-state index >= 15 is 0 Å². The van der Waals surface area contributed by atoms with Crippen LogP contribution in [-0.4, -0.2) is 18.6 Å². The molecule has 0 spiro atoms. The minimum Gasteiger partial charge on any atom is -0.497 e. The van der Waals surface area contributed by atoms with Crippen LogP contribution >= 0.6 is 0 Å². The second kappa shape index (κ2) is 4.65. The smallest absolute Gasteiger partial charge is 0.120 e. The van der Waals surface area contributed by atoms with Crippen LogP contribution in [0.2, 0.25) is 0 Å². The van der Waals surface area contributed by atoms with Crippen LogP contribution < -0.4 is 10.1 Å². The lowest BCUT2D eigenvalue weighted by Crippen LogP contribution is -2.27. The number of fused-ring (bicyclic) bond motifs is 1. The first-order chi connectivity index (χ1) is 8.79. The molecule has 3 nitrogen and oxygen atoms in total. The lowest BCUT2D eigenvalue weighted by atomic mass is 9.99. The minimum atomic E-state index is 0.483. The van der Waals surface area contributed by atoms with Gasteiger partial charge in [-0.05, 0) is 44.0 Å². The number of H-pyrrole nitrogens is 1. The molecule has 0 aliphatic carbocycles. The van der Waals surface area contributed by atoms with E-state index < -0.39 is 0 Å². The Kier molecular flexibility index (Phi) is 3.00. The Morgan fingerprint density at radius 2 is 2.17 bits per heavy atom. The number of benzene rings is 1.